The Morgan fingerprint density at radius 1 is 1.18 bits per heavy atom. The van der Waals surface area contributed by atoms with Crippen LogP contribution in [0.1, 0.15) is 37.7 Å². The number of benzene rings is 1. The Labute approximate surface area is 108 Å². The molecule has 0 aromatic heterocycles. The van der Waals surface area contributed by atoms with Gasteiger partial charge < -0.3 is 9.47 Å². The van der Waals surface area contributed by atoms with Crippen molar-refractivity contribution >= 4 is 11.6 Å². The van der Waals surface area contributed by atoms with E-state index in [9.17, 15) is 0 Å². The smallest absolute Gasteiger partial charge is 0.161 e. The summed E-state index contributed by atoms with van der Waals surface area (Å²) >= 11 is 5.80. The molecule has 1 saturated carbocycles. The molecule has 2 nitrogen and oxygen atoms in total. The largest absolute Gasteiger partial charge is 0.493 e. The maximum absolute atomic E-state index is 6.01. The van der Waals surface area contributed by atoms with Crippen LogP contribution in [0.2, 0.25) is 0 Å². The van der Waals surface area contributed by atoms with Gasteiger partial charge in [0.05, 0.1) is 13.2 Å². The average Bonchev–Trinajstić information content (AvgIpc) is 2.40. The molecule has 0 heterocycles. The summed E-state index contributed by atoms with van der Waals surface area (Å²) in [5, 5.41) is 0. The van der Waals surface area contributed by atoms with Crippen LogP contribution in [0, 0.1) is 0 Å². The van der Waals surface area contributed by atoms with E-state index in [0.717, 1.165) is 29.9 Å². The first-order chi connectivity index (χ1) is 8.33. The van der Waals surface area contributed by atoms with Crippen LogP contribution in [0.15, 0.2) is 18.2 Å². The molecule has 0 saturated heterocycles. The molecule has 2 rings (SSSR count). The first-order valence-corrected chi connectivity index (χ1v) is 6.76. The highest BCUT2D eigenvalue weighted by molar-refractivity contribution is 6.17. The minimum Gasteiger partial charge on any atom is -0.493 e. The van der Waals surface area contributed by atoms with E-state index in [0.29, 0.717) is 12.0 Å². The molecule has 1 aliphatic carbocycles. The quantitative estimate of drug-likeness (QED) is 0.752. The van der Waals surface area contributed by atoms with Crippen molar-refractivity contribution in [3.8, 4) is 11.5 Å². The number of methoxy groups -OCH3 is 1. The van der Waals surface area contributed by atoms with Crippen molar-refractivity contribution < 1.29 is 9.47 Å². The van der Waals surface area contributed by atoms with Crippen LogP contribution < -0.4 is 9.47 Å². The second kappa shape index (κ2) is 6.15. The summed E-state index contributed by atoms with van der Waals surface area (Å²) in [6, 6.07) is 5.91. The third-order valence-corrected chi connectivity index (χ3v) is 3.54. The summed E-state index contributed by atoms with van der Waals surface area (Å²) in [7, 11) is 1.67. The highest BCUT2D eigenvalue weighted by Gasteiger charge is 2.16. The SMILES string of the molecule is COc1cc(CCl)ccc1OC1CCCCC1. The average molecular weight is 255 g/mol. The molecule has 1 aromatic carbocycles. The van der Waals surface area contributed by atoms with Crippen LogP contribution in [-0.4, -0.2) is 13.2 Å². The fourth-order valence-corrected chi connectivity index (χ4v) is 2.42. The van der Waals surface area contributed by atoms with Gasteiger partial charge in [-0.2, -0.15) is 0 Å². The van der Waals surface area contributed by atoms with Crippen molar-refractivity contribution in [2.24, 2.45) is 0 Å². The van der Waals surface area contributed by atoms with Gasteiger partial charge in [-0.3, -0.25) is 0 Å². The molecule has 17 heavy (non-hydrogen) atoms. The van der Waals surface area contributed by atoms with Gasteiger partial charge in [0.1, 0.15) is 0 Å². The second-order valence-corrected chi connectivity index (χ2v) is 4.76. The first kappa shape index (κ1) is 12.6. The number of hydrogen-bond acceptors (Lipinski definition) is 2. The van der Waals surface area contributed by atoms with Gasteiger partial charge in [0, 0.05) is 5.88 Å². The van der Waals surface area contributed by atoms with Gasteiger partial charge >= 0.3 is 0 Å². The molecule has 3 heteroatoms. The molecular formula is C14H19ClO2. The fraction of sp³-hybridized carbons (Fsp3) is 0.571. The first-order valence-electron chi connectivity index (χ1n) is 6.23. The predicted molar refractivity (Wildman–Crippen MR) is 70.1 cm³/mol. The Bertz CT molecular complexity index is 359. The maximum Gasteiger partial charge on any atom is 0.161 e. The fourth-order valence-electron chi connectivity index (χ4n) is 2.26. The number of hydrogen-bond donors (Lipinski definition) is 0. The van der Waals surface area contributed by atoms with E-state index in [-0.39, 0.29) is 0 Å². The molecule has 1 aromatic rings. The summed E-state index contributed by atoms with van der Waals surface area (Å²) in [5.41, 5.74) is 1.06. The van der Waals surface area contributed by atoms with Crippen molar-refractivity contribution in [3.05, 3.63) is 23.8 Å². The molecule has 0 N–H and O–H groups in total. The van der Waals surface area contributed by atoms with E-state index in [1.54, 1.807) is 7.11 Å². The summed E-state index contributed by atoms with van der Waals surface area (Å²) in [5.74, 6) is 2.13. The van der Waals surface area contributed by atoms with Gasteiger partial charge in [-0.1, -0.05) is 12.5 Å². The summed E-state index contributed by atoms with van der Waals surface area (Å²) in [6.45, 7) is 0. The number of rotatable bonds is 4. The number of alkyl halides is 1. The van der Waals surface area contributed by atoms with Gasteiger partial charge in [0.15, 0.2) is 11.5 Å². The minimum absolute atomic E-state index is 0.347. The van der Waals surface area contributed by atoms with Crippen molar-refractivity contribution in [1.82, 2.24) is 0 Å². The molecule has 0 aliphatic heterocycles. The van der Waals surface area contributed by atoms with Crippen LogP contribution >= 0.6 is 11.6 Å². The van der Waals surface area contributed by atoms with Gasteiger partial charge in [-0.05, 0) is 43.4 Å². The lowest BCUT2D eigenvalue weighted by Gasteiger charge is -2.24. The van der Waals surface area contributed by atoms with Crippen LogP contribution in [0.4, 0.5) is 0 Å². The molecule has 1 fully saturated rings. The Morgan fingerprint density at radius 2 is 1.94 bits per heavy atom. The Kier molecular flexibility index (Phi) is 4.55. The molecule has 0 spiro atoms. The molecule has 0 atom stereocenters. The molecule has 0 amide bonds. The Balaban J connectivity index is 2.08. The van der Waals surface area contributed by atoms with Crippen molar-refractivity contribution in [1.29, 1.82) is 0 Å². The number of ether oxygens (including phenoxy) is 2. The van der Waals surface area contributed by atoms with Crippen molar-refractivity contribution in [2.75, 3.05) is 7.11 Å². The zero-order valence-electron chi connectivity index (χ0n) is 10.2. The van der Waals surface area contributed by atoms with Crippen molar-refractivity contribution in [2.45, 2.75) is 44.1 Å². The Morgan fingerprint density at radius 3 is 2.59 bits per heavy atom. The third-order valence-electron chi connectivity index (χ3n) is 3.23. The maximum atomic E-state index is 6.01. The summed E-state index contributed by atoms with van der Waals surface area (Å²) < 4.78 is 11.4. The Hall–Kier alpha value is -0.890. The minimum atomic E-state index is 0.347. The van der Waals surface area contributed by atoms with E-state index >= 15 is 0 Å². The van der Waals surface area contributed by atoms with E-state index < -0.39 is 0 Å². The highest BCUT2D eigenvalue weighted by Crippen LogP contribution is 2.32. The van der Waals surface area contributed by atoms with E-state index in [1.165, 1.54) is 19.3 Å². The second-order valence-electron chi connectivity index (χ2n) is 4.50. The van der Waals surface area contributed by atoms with E-state index in [1.807, 2.05) is 18.2 Å². The van der Waals surface area contributed by atoms with Crippen molar-refractivity contribution in [3.63, 3.8) is 0 Å². The molecule has 0 unspecified atom stereocenters. The zero-order chi connectivity index (χ0) is 12.1. The van der Waals surface area contributed by atoms with Gasteiger partial charge in [-0.25, -0.2) is 0 Å². The normalized spacial score (nSPS) is 16.8. The molecule has 0 bridgehead atoms. The summed E-state index contributed by atoms with van der Waals surface area (Å²) in [4.78, 5) is 0. The number of halogens is 1. The van der Waals surface area contributed by atoms with Gasteiger partial charge in [0.25, 0.3) is 0 Å². The topological polar surface area (TPSA) is 18.5 Å². The van der Waals surface area contributed by atoms with Crippen LogP contribution in [0.5, 0.6) is 11.5 Å². The lowest BCUT2D eigenvalue weighted by molar-refractivity contribution is 0.149. The zero-order valence-corrected chi connectivity index (χ0v) is 11.0. The molecule has 0 radical (unpaired) electrons. The molecular weight excluding hydrogens is 236 g/mol. The van der Waals surface area contributed by atoms with Gasteiger partial charge in [-0.15, -0.1) is 11.6 Å². The third kappa shape index (κ3) is 3.29. The highest BCUT2D eigenvalue weighted by atomic mass is 35.5. The molecule has 94 valence electrons. The van der Waals surface area contributed by atoms with Crippen LogP contribution in [0.25, 0.3) is 0 Å². The van der Waals surface area contributed by atoms with Crippen LogP contribution in [-0.2, 0) is 5.88 Å². The standard InChI is InChI=1S/C14H19ClO2/c1-16-14-9-11(10-15)7-8-13(14)17-12-5-3-2-4-6-12/h7-9,12H,2-6,10H2,1H3. The van der Waals surface area contributed by atoms with E-state index in [2.05, 4.69) is 0 Å². The summed E-state index contributed by atoms with van der Waals surface area (Å²) in [6.07, 6.45) is 6.53. The van der Waals surface area contributed by atoms with Crippen LogP contribution in [0.3, 0.4) is 0 Å². The van der Waals surface area contributed by atoms with Gasteiger partial charge in [0.2, 0.25) is 0 Å². The monoisotopic (exact) mass is 254 g/mol. The lowest BCUT2D eigenvalue weighted by Crippen LogP contribution is -2.19. The predicted octanol–water partition coefficient (Wildman–Crippen LogP) is 4.15. The van der Waals surface area contributed by atoms with E-state index in [4.69, 9.17) is 21.1 Å². The molecule has 1 aliphatic rings. The lowest BCUT2D eigenvalue weighted by atomic mass is 9.98.